The first-order valence-electron chi connectivity index (χ1n) is 13.1. The van der Waals surface area contributed by atoms with Crippen LogP contribution in [-0.2, 0) is 4.79 Å². The number of carboxylic acids is 1. The fourth-order valence-corrected chi connectivity index (χ4v) is 5.37. The van der Waals surface area contributed by atoms with Gasteiger partial charge in [0.1, 0.15) is 6.04 Å². The van der Waals surface area contributed by atoms with E-state index < -0.39 is 23.9 Å². The van der Waals surface area contributed by atoms with Crippen LogP contribution in [0.5, 0.6) is 0 Å². The number of amides is 3. The zero-order valence-electron chi connectivity index (χ0n) is 22.1. The first-order valence-corrected chi connectivity index (χ1v) is 13.1. The van der Waals surface area contributed by atoms with Gasteiger partial charge in [0.15, 0.2) is 0 Å². The quantitative estimate of drug-likeness (QED) is 0.282. The molecule has 0 unspecified atom stereocenters. The third kappa shape index (κ3) is 6.40. The van der Waals surface area contributed by atoms with Crippen LogP contribution in [0.25, 0.3) is 11.1 Å². The summed E-state index contributed by atoms with van der Waals surface area (Å²) in [5.41, 5.74) is 5.95. The lowest BCUT2D eigenvalue weighted by atomic mass is 9.83. The Balaban J connectivity index is 1.63. The van der Waals surface area contributed by atoms with Crippen LogP contribution >= 0.6 is 0 Å². The summed E-state index contributed by atoms with van der Waals surface area (Å²) in [5, 5.41) is 18.4. The van der Waals surface area contributed by atoms with E-state index in [1.807, 2.05) is 63.2 Å². The molecule has 7 heteroatoms. The Morgan fingerprint density at radius 3 is 2.11 bits per heavy atom. The maximum Gasteiger partial charge on any atom is 0.326 e. The second-order valence-corrected chi connectivity index (χ2v) is 10.2. The highest BCUT2D eigenvalue weighted by atomic mass is 16.4. The molecule has 3 aromatic carbocycles. The highest BCUT2D eigenvalue weighted by Crippen LogP contribution is 2.29. The zero-order chi connectivity index (χ0) is 27.2. The van der Waals surface area contributed by atoms with Crippen LogP contribution in [-0.4, -0.2) is 29.1 Å². The molecule has 3 amide bonds. The number of carbonyl (C=O) groups excluding carboxylic acids is 2. The molecule has 0 aliphatic heterocycles. The number of benzene rings is 3. The highest BCUT2D eigenvalue weighted by molar-refractivity contribution is 6.08. The Kier molecular flexibility index (Phi) is 8.46. The molecular formula is C31H35N3O4. The molecule has 4 N–H and O–H groups in total. The number of aliphatic carboxylic acids is 1. The SMILES string of the molecule is Cc1cc(C)c(NC(=O)Nc2cc(-c3ccccc3)ccc2C(=O)N[C@H](C(=O)O)C2CCCCC2)c(C)c1. The summed E-state index contributed by atoms with van der Waals surface area (Å²) in [5.74, 6) is -1.68. The van der Waals surface area contributed by atoms with Gasteiger partial charge in [-0.2, -0.15) is 0 Å². The molecule has 0 aromatic heterocycles. The predicted molar refractivity (Wildman–Crippen MR) is 151 cm³/mol. The van der Waals surface area contributed by atoms with Crippen molar-refractivity contribution in [3.05, 3.63) is 82.9 Å². The third-order valence-corrected chi connectivity index (χ3v) is 7.21. The van der Waals surface area contributed by atoms with Crippen molar-refractivity contribution in [1.29, 1.82) is 0 Å². The van der Waals surface area contributed by atoms with Gasteiger partial charge in [0, 0.05) is 5.69 Å². The molecule has 1 saturated carbocycles. The summed E-state index contributed by atoms with van der Waals surface area (Å²) in [7, 11) is 0. The van der Waals surface area contributed by atoms with E-state index >= 15 is 0 Å². The van der Waals surface area contributed by atoms with Crippen molar-refractivity contribution in [2.75, 3.05) is 10.6 Å². The molecule has 0 radical (unpaired) electrons. The Hall–Kier alpha value is -4.13. The number of hydrogen-bond donors (Lipinski definition) is 4. The van der Waals surface area contributed by atoms with Gasteiger partial charge in [0.2, 0.25) is 0 Å². The van der Waals surface area contributed by atoms with Crippen LogP contribution in [0.3, 0.4) is 0 Å². The minimum absolute atomic E-state index is 0.110. The van der Waals surface area contributed by atoms with Crippen LogP contribution in [0.1, 0.15) is 59.2 Å². The third-order valence-electron chi connectivity index (χ3n) is 7.21. The van der Waals surface area contributed by atoms with Crippen LogP contribution in [0, 0.1) is 26.7 Å². The van der Waals surface area contributed by atoms with Crippen molar-refractivity contribution in [3.8, 4) is 11.1 Å². The number of hydrogen-bond acceptors (Lipinski definition) is 3. The van der Waals surface area contributed by atoms with Gasteiger partial charge in [-0.25, -0.2) is 9.59 Å². The summed E-state index contributed by atoms with van der Waals surface area (Å²) in [6.45, 7) is 5.87. The van der Waals surface area contributed by atoms with Crippen molar-refractivity contribution in [2.24, 2.45) is 5.92 Å². The highest BCUT2D eigenvalue weighted by Gasteiger charge is 2.31. The average Bonchev–Trinajstić information content (AvgIpc) is 2.90. The second-order valence-electron chi connectivity index (χ2n) is 10.2. The molecule has 1 fully saturated rings. The van der Waals surface area contributed by atoms with Crippen LogP contribution in [0.15, 0.2) is 60.7 Å². The number of nitrogens with one attached hydrogen (secondary N) is 3. The van der Waals surface area contributed by atoms with Gasteiger partial charge in [-0.1, -0.05) is 73.4 Å². The second kappa shape index (κ2) is 11.9. The maximum atomic E-state index is 13.4. The van der Waals surface area contributed by atoms with Crippen LogP contribution in [0.2, 0.25) is 0 Å². The van der Waals surface area contributed by atoms with Gasteiger partial charge < -0.3 is 21.1 Å². The van der Waals surface area contributed by atoms with E-state index in [2.05, 4.69) is 16.0 Å². The largest absolute Gasteiger partial charge is 0.480 e. The molecule has 4 rings (SSSR count). The summed E-state index contributed by atoms with van der Waals surface area (Å²) in [6.07, 6.45) is 4.54. The number of aryl methyl sites for hydroxylation is 3. The molecule has 0 saturated heterocycles. The predicted octanol–water partition coefficient (Wildman–Crippen LogP) is 6.69. The molecule has 1 aliphatic carbocycles. The summed E-state index contributed by atoms with van der Waals surface area (Å²) in [6, 6.07) is 17.4. The van der Waals surface area contributed by atoms with Gasteiger partial charge in [0.25, 0.3) is 5.91 Å². The van der Waals surface area contributed by atoms with E-state index in [0.29, 0.717) is 11.4 Å². The van der Waals surface area contributed by atoms with Gasteiger partial charge in [-0.15, -0.1) is 0 Å². The molecule has 198 valence electrons. The first kappa shape index (κ1) is 26.9. The smallest absolute Gasteiger partial charge is 0.326 e. The monoisotopic (exact) mass is 513 g/mol. The number of carboxylic acid groups (broad SMARTS) is 1. The molecule has 38 heavy (non-hydrogen) atoms. The fraction of sp³-hybridized carbons (Fsp3) is 0.323. The lowest BCUT2D eigenvalue weighted by molar-refractivity contribution is -0.141. The van der Waals surface area contributed by atoms with Gasteiger partial charge in [-0.3, -0.25) is 4.79 Å². The van der Waals surface area contributed by atoms with Gasteiger partial charge in [0.05, 0.1) is 11.3 Å². The zero-order valence-corrected chi connectivity index (χ0v) is 22.1. The average molecular weight is 514 g/mol. The Bertz CT molecular complexity index is 1310. The van der Waals surface area contributed by atoms with E-state index in [9.17, 15) is 19.5 Å². The Morgan fingerprint density at radius 2 is 1.47 bits per heavy atom. The van der Waals surface area contributed by atoms with Gasteiger partial charge >= 0.3 is 12.0 Å². The molecule has 0 spiro atoms. The maximum absolute atomic E-state index is 13.4. The van der Waals surface area contributed by atoms with Crippen LogP contribution < -0.4 is 16.0 Å². The van der Waals surface area contributed by atoms with Gasteiger partial charge in [-0.05, 0) is 73.9 Å². The normalized spacial score (nSPS) is 14.4. The van der Waals surface area contributed by atoms with E-state index in [1.54, 1.807) is 18.2 Å². The minimum atomic E-state index is -1.04. The lowest BCUT2D eigenvalue weighted by Gasteiger charge is -2.28. The van der Waals surface area contributed by atoms with Crippen molar-refractivity contribution >= 4 is 29.3 Å². The Labute approximate surface area is 223 Å². The molecule has 0 heterocycles. The van der Waals surface area contributed by atoms with Crippen molar-refractivity contribution in [3.63, 3.8) is 0 Å². The first-order chi connectivity index (χ1) is 18.2. The number of urea groups is 1. The topological polar surface area (TPSA) is 108 Å². The summed E-state index contributed by atoms with van der Waals surface area (Å²) < 4.78 is 0. The number of rotatable bonds is 7. The van der Waals surface area contributed by atoms with Crippen molar-refractivity contribution in [1.82, 2.24) is 5.32 Å². The Morgan fingerprint density at radius 1 is 0.816 bits per heavy atom. The fourth-order valence-electron chi connectivity index (χ4n) is 5.37. The molecule has 1 atom stereocenters. The van der Waals surface area contributed by atoms with Crippen LogP contribution in [0.4, 0.5) is 16.2 Å². The molecular weight excluding hydrogens is 478 g/mol. The van der Waals surface area contributed by atoms with Crippen molar-refractivity contribution < 1.29 is 19.5 Å². The lowest BCUT2D eigenvalue weighted by Crippen LogP contribution is -2.46. The number of anilines is 2. The molecule has 1 aliphatic rings. The minimum Gasteiger partial charge on any atom is -0.480 e. The molecule has 0 bridgehead atoms. The van der Waals surface area contributed by atoms with E-state index in [1.165, 1.54) is 0 Å². The number of carbonyl (C=O) groups is 3. The van der Waals surface area contributed by atoms with Crippen molar-refractivity contribution in [2.45, 2.75) is 58.9 Å². The summed E-state index contributed by atoms with van der Waals surface area (Å²) in [4.78, 5) is 38.6. The molecule has 7 nitrogen and oxygen atoms in total. The molecule has 3 aromatic rings. The summed E-state index contributed by atoms with van der Waals surface area (Å²) >= 11 is 0. The standard InChI is InChI=1S/C31H35N3O4/c1-19-16-20(2)27(21(3)17-19)34-31(38)32-26-18-24(22-10-6-4-7-11-22)14-15-25(26)29(35)33-28(30(36)37)23-12-8-5-9-13-23/h4,6-7,10-11,14-18,23,28H,5,8-9,12-13H2,1-3H3,(H,33,35)(H,36,37)(H2,32,34,38)/t28-/m0/s1. The van der Waals surface area contributed by atoms with E-state index in [0.717, 1.165) is 59.9 Å². The van der Waals surface area contributed by atoms with E-state index in [-0.39, 0.29) is 11.5 Å². The van der Waals surface area contributed by atoms with E-state index in [4.69, 9.17) is 0 Å².